The fraction of sp³-hybridized carbons (Fsp3) is 0.444. The molecule has 0 aliphatic heterocycles. The minimum absolute atomic E-state index is 0.0633. The number of carbonyl (C=O) groups is 1. The lowest BCUT2D eigenvalue weighted by atomic mass is 10.0. The minimum Gasteiger partial charge on any atom is -0.353 e. The molecule has 0 bridgehead atoms. The summed E-state index contributed by atoms with van der Waals surface area (Å²) < 4.78 is 2.07. The van der Waals surface area contributed by atoms with Gasteiger partial charge in [-0.1, -0.05) is 30.3 Å². The van der Waals surface area contributed by atoms with Crippen molar-refractivity contribution in [2.45, 2.75) is 32.9 Å². The number of carbonyl (C=O) groups excluding carboxylic acids is 1. The molecule has 0 radical (unpaired) electrons. The van der Waals surface area contributed by atoms with Gasteiger partial charge in [0.2, 0.25) is 5.91 Å². The van der Waals surface area contributed by atoms with Gasteiger partial charge < -0.3 is 9.88 Å². The molecule has 1 aromatic carbocycles. The van der Waals surface area contributed by atoms with Gasteiger partial charge in [0, 0.05) is 18.8 Å². The number of amides is 1. The molecule has 1 aromatic heterocycles. The van der Waals surface area contributed by atoms with E-state index in [1.165, 1.54) is 5.56 Å². The fourth-order valence-corrected chi connectivity index (χ4v) is 2.53. The molecule has 1 N–H and O–H groups in total. The Balaban J connectivity index is 1.89. The van der Waals surface area contributed by atoms with E-state index in [4.69, 9.17) is 0 Å². The van der Waals surface area contributed by atoms with E-state index in [0.717, 1.165) is 17.9 Å². The predicted molar refractivity (Wildman–Crippen MR) is 92.3 cm³/mol. The molecule has 5 heteroatoms. The molecule has 0 unspecified atom stereocenters. The van der Waals surface area contributed by atoms with E-state index in [0.29, 0.717) is 13.0 Å². The van der Waals surface area contributed by atoms with Crippen LogP contribution in [-0.4, -0.2) is 47.0 Å². The number of aromatic nitrogens is 2. The van der Waals surface area contributed by atoms with Crippen LogP contribution in [0.5, 0.6) is 0 Å². The number of nitrogens with one attached hydrogen (secondary N) is 1. The number of imidazole rings is 1. The van der Waals surface area contributed by atoms with E-state index in [1.54, 1.807) is 0 Å². The Kier molecular flexibility index (Phi) is 5.93. The second kappa shape index (κ2) is 7.92. The molecule has 2 rings (SSSR count). The molecule has 0 aliphatic rings. The largest absolute Gasteiger partial charge is 0.353 e. The van der Waals surface area contributed by atoms with Gasteiger partial charge in [0.15, 0.2) is 0 Å². The standard InChI is InChI=1S/C18H26N4O/c1-14-15(2)22(13-20-14)11-10-19-18(23)17(21(3)4)12-16-8-6-5-7-9-16/h5-9,13,17H,10-12H2,1-4H3,(H,19,23)/t17-/m0/s1. The van der Waals surface area contributed by atoms with Crippen LogP contribution in [0.4, 0.5) is 0 Å². The molecule has 0 fully saturated rings. The smallest absolute Gasteiger partial charge is 0.237 e. The average molecular weight is 314 g/mol. The number of likely N-dealkylation sites (N-methyl/N-ethyl adjacent to an activating group) is 1. The van der Waals surface area contributed by atoms with Crippen LogP contribution in [0.1, 0.15) is 17.0 Å². The quantitative estimate of drug-likeness (QED) is 0.848. The van der Waals surface area contributed by atoms with Gasteiger partial charge in [0.25, 0.3) is 0 Å². The van der Waals surface area contributed by atoms with Crippen molar-refractivity contribution in [3.8, 4) is 0 Å². The number of nitrogens with zero attached hydrogens (tertiary/aromatic N) is 3. The Labute approximate surface area is 138 Å². The monoisotopic (exact) mass is 314 g/mol. The van der Waals surface area contributed by atoms with Crippen molar-refractivity contribution < 1.29 is 4.79 Å². The zero-order valence-electron chi connectivity index (χ0n) is 14.4. The number of benzene rings is 1. The highest BCUT2D eigenvalue weighted by Gasteiger charge is 2.20. The van der Waals surface area contributed by atoms with E-state index in [2.05, 4.69) is 27.0 Å². The molecule has 0 aliphatic carbocycles. The van der Waals surface area contributed by atoms with Crippen LogP contribution in [0.15, 0.2) is 36.7 Å². The van der Waals surface area contributed by atoms with Gasteiger partial charge in [-0.05, 0) is 39.9 Å². The third-order valence-corrected chi connectivity index (χ3v) is 4.20. The van der Waals surface area contributed by atoms with Gasteiger partial charge >= 0.3 is 0 Å². The van der Waals surface area contributed by atoms with Gasteiger partial charge in [-0.2, -0.15) is 0 Å². The molecule has 0 spiro atoms. The van der Waals surface area contributed by atoms with E-state index in [9.17, 15) is 4.79 Å². The van der Waals surface area contributed by atoms with E-state index >= 15 is 0 Å². The summed E-state index contributed by atoms with van der Waals surface area (Å²) in [5.41, 5.74) is 3.35. The highest BCUT2D eigenvalue weighted by atomic mass is 16.2. The van der Waals surface area contributed by atoms with Crippen LogP contribution in [0, 0.1) is 13.8 Å². The van der Waals surface area contributed by atoms with Crippen molar-refractivity contribution in [2.24, 2.45) is 0 Å². The maximum Gasteiger partial charge on any atom is 0.237 e. The Morgan fingerprint density at radius 1 is 1.26 bits per heavy atom. The summed E-state index contributed by atoms with van der Waals surface area (Å²) in [4.78, 5) is 18.7. The van der Waals surface area contributed by atoms with Crippen molar-refractivity contribution in [3.63, 3.8) is 0 Å². The van der Waals surface area contributed by atoms with Gasteiger partial charge in [-0.25, -0.2) is 4.98 Å². The van der Waals surface area contributed by atoms with Gasteiger partial charge in [0.05, 0.1) is 18.1 Å². The molecular weight excluding hydrogens is 288 g/mol. The van der Waals surface area contributed by atoms with Crippen molar-refractivity contribution >= 4 is 5.91 Å². The van der Waals surface area contributed by atoms with Crippen LogP contribution in [0.2, 0.25) is 0 Å². The lowest BCUT2D eigenvalue weighted by molar-refractivity contribution is -0.125. The molecule has 1 amide bonds. The zero-order valence-corrected chi connectivity index (χ0v) is 14.4. The van der Waals surface area contributed by atoms with Crippen molar-refractivity contribution in [2.75, 3.05) is 20.6 Å². The number of rotatable bonds is 7. The van der Waals surface area contributed by atoms with Crippen molar-refractivity contribution in [1.82, 2.24) is 19.8 Å². The SMILES string of the molecule is Cc1ncn(CCNC(=O)[C@H](Cc2ccccc2)N(C)C)c1C. The second-order valence-electron chi connectivity index (χ2n) is 6.07. The molecule has 5 nitrogen and oxygen atoms in total. The first-order valence-electron chi connectivity index (χ1n) is 7.95. The first-order chi connectivity index (χ1) is 11.0. The van der Waals surface area contributed by atoms with Gasteiger partial charge in [-0.3, -0.25) is 9.69 Å². The summed E-state index contributed by atoms with van der Waals surface area (Å²) in [6.45, 7) is 5.38. The lowest BCUT2D eigenvalue weighted by Gasteiger charge is -2.23. The first kappa shape index (κ1) is 17.2. The first-order valence-corrected chi connectivity index (χ1v) is 7.95. The lowest BCUT2D eigenvalue weighted by Crippen LogP contribution is -2.45. The average Bonchev–Trinajstić information content (AvgIpc) is 2.85. The summed E-state index contributed by atoms with van der Waals surface area (Å²) in [5.74, 6) is 0.0633. The number of hydrogen-bond donors (Lipinski definition) is 1. The summed E-state index contributed by atoms with van der Waals surface area (Å²) >= 11 is 0. The van der Waals surface area contributed by atoms with Crippen molar-refractivity contribution in [3.05, 3.63) is 53.6 Å². The van der Waals surface area contributed by atoms with Crippen LogP contribution >= 0.6 is 0 Å². The van der Waals surface area contributed by atoms with Crippen LogP contribution in [0.3, 0.4) is 0 Å². The third kappa shape index (κ3) is 4.66. The van der Waals surface area contributed by atoms with Crippen LogP contribution < -0.4 is 5.32 Å². The van der Waals surface area contributed by atoms with E-state index in [-0.39, 0.29) is 11.9 Å². The maximum atomic E-state index is 12.5. The highest BCUT2D eigenvalue weighted by Crippen LogP contribution is 2.07. The normalized spacial score (nSPS) is 12.4. The van der Waals surface area contributed by atoms with Gasteiger partial charge in [0.1, 0.15) is 0 Å². The third-order valence-electron chi connectivity index (χ3n) is 4.20. The molecule has 1 atom stereocenters. The van der Waals surface area contributed by atoms with Crippen LogP contribution in [0.25, 0.3) is 0 Å². The summed E-state index contributed by atoms with van der Waals surface area (Å²) in [5, 5.41) is 3.04. The second-order valence-corrected chi connectivity index (χ2v) is 6.07. The Hall–Kier alpha value is -2.14. The Bertz CT molecular complexity index is 634. The van der Waals surface area contributed by atoms with E-state index in [1.807, 2.05) is 57.4 Å². The highest BCUT2D eigenvalue weighted by molar-refractivity contribution is 5.82. The molecule has 0 saturated heterocycles. The zero-order chi connectivity index (χ0) is 16.8. The van der Waals surface area contributed by atoms with Crippen molar-refractivity contribution in [1.29, 1.82) is 0 Å². The number of aryl methyl sites for hydroxylation is 1. The molecule has 0 saturated carbocycles. The summed E-state index contributed by atoms with van der Waals surface area (Å²) in [6.07, 6.45) is 2.53. The molecule has 23 heavy (non-hydrogen) atoms. The predicted octanol–water partition coefficient (Wildman–Crippen LogP) is 1.79. The fourth-order valence-electron chi connectivity index (χ4n) is 2.53. The Morgan fingerprint density at radius 2 is 1.96 bits per heavy atom. The molecule has 124 valence electrons. The number of hydrogen-bond acceptors (Lipinski definition) is 3. The van der Waals surface area contributed by atoms with Gasteiger partial charge in [-0.15, -0.1) is 0 Å². The topological polar surface area (TPSA) is 50.2 Å². The van der Waals surface area contributed by atoms with E-state index < -0.39 is 0 Å². The maximum absolute atomic E-state index is 12.5. The van der Waals surface area contributed by atoms with Crippen LogP contribution in [-0.2, 0) is 17.8 Å². The molecular formula is C18H26N4O. The molecule has 2 aromatic rings. The summed E-state index contributed by atoms with van der Waals surface area (Å²) in [6, 6.07) is 9.95. The summed E-state index contributed by atoms with van der Waals surface area (Å²) in [7, 11) is 3.88. The molecule has 1 heterocycles. The minimum atomic E-state index is -0.164. The Morgan fingerprint density at radius 3 is 2.52 bits per heavy atom.